The van der Waals surface area contributed by atoms with Gasteiger partial charge in [-0.1, -0.05) is 12.1 Å². The third kappa shape index (κ3) is 6.09. The Morgan fingerprint density at radius 2 is 2.00 bits per heavy atom. The lowest BCUT2D eigenvalue weighted by molar-refractivity contribution is 0.261. The highest BCUT2D eigenvalue weighted by atomic mass is 127. The minimum Gasteiger partial charge on any atom is -0.492 e. The van der Waals surface area contributed by atoms with Gasteiger partial charge in [0.1, 0.15) is 12.4 Å². The van der Waals surface area contributed by atoms with Crippen LogP contribution >= 0.6 is 24.0 Å². The fourth-order valence-electron chi connectivity index (χ4n) is 1.95. The number of guanidine groups is 1. The van der Waals surface area contributed by atoms with E-state index in [2.05, 4.69) is 39.3 Å². The molecule has 0 amide bonds. The molecular weight excluding hydrogens is 379 g/mol. The van der Waals surface area contributed by atoms with E-state index >= 15 is 0 Å². The second-order valence-corrected chi connectivity index (χ2v) is 5.28. The van der Waals surface area contributed by atoms with Crippen molar-refractivity contribution in [3.8, 4) is 5.75 Å². The molecule has 6 heteroatoms. The molecule has 0 saturated heterocycles. The number of nitrogens with one attached hydrogen (secondary N) is 1. The average molecular weight is 404 g/mol. The highest BCUT2D eigenvalue weighted by Crippen LogP contribution is 2.12. The smallest absolute Gasteiger partial charge is 0.194 e. The zero-order valence-corrected chi connectivity index (χ0v) is 15.3. The van der Waals surface area contributed by atoms with E-state index in [9.17, 15) is 0 Å². The first kappa shape index (κ1) is 18.0. The molecule has 0 aromatic heterocycles. The van der Waals surface area contributed by atoms with Crippen LogP contribution in [0.2, 0.25) is 0 Å². The predicted molar refractivity (Wildman–Crippen MR) is 97.7 cm³/mol. The number of hydrogen-bond donors (Lipinski definition) is 1. The maximum atomic E-state index is 5.67. The molecule has 2 rings (SSSR count). The molecule has 5 nitrogen and oxygen atoms in total. The second-order valence-electron chi connectivity index (χ2n) is 5.28. The second kappa shape index (κ2) is 9.09. The highest BCUT2D eigenvalue weighted by Gasteiger charge is 2.11. The van der Waals surface area contributed by atoms with E-state index in [1.165, 1.54) is 5.56 Å². The van der Waals surface area contributed by atoms with Crippen molar-refractivity contribution in [2.75, 3.05) is 47.4 Å². The molecular formula is C15H25IN4O. The Bertz CT molecular complexity index is 447. The summed E-state index contributed by atoms with van der Waals surface area (Å²) < 4.78 is 5.67. The molecule has 0 spiro atoms. The summed E-state index contributed by atoms with van der Waals surface area (Å²) in [4.78, 5) is 8.65. The van der Waals surface area contributed by atoms with E-state index in [1.54, 1.807) is 0 Å². The first-order valence-electron chi connectivity index (χ1n) is 7.01. The third-order valence-electron chi connectivity index (χ3n) is 3.24. The molecule has 0 saturated carbocycles. The summed E-state index contributed by atoms with van der Waals surface area (Å²) in [5.74, 6) is 1.90. The van der Waals surface area contributed by atoms with Crippen molar-refractivity contribution >= 4 is 29.9 Å². The number of hydrogen-bond acceptors (Lipinski definition) is 5. The molecule has 1 heterocycles. The van der Waals surface area contributed by atoms with Crippen LogP contribution in [-0.2, 0) is 6.54 Å². The van der Waals surface area contributed by atoms with Crippen LogP contribution in [-0.4, -0.2) is 63.1 Å². The van der Waals surface area contributed by atoms with Crippen LogP contribution in [0.15, 0.2) is 29.3 Å². The molecule has 1 aromatic carbocycles. The van der Waals surface area contributed by atoms with E-state index < -0.39 is 0 Å². The van der Waals surface area contributed by atoms with Gasteiger partial charge >= 0.3 is 0 Å². The Hall–Kier alpha value is -1.02. The molecule has 118 valence electrons. The predicted octanol–water partition coefficient (Wildman–Crippen LogP) is 1.64. The topological polar surface area (TPSA) is 40.1 Å². The molecule has 1 aliphatic heterocycles. The summed E-state index contributed by atoms with van der Waals surface area (Å²) in [7, 11) is 6.14. The largest absolute Gasteiger partial charge is 0.492 e. The lowest BCUT2D eigenvalue weighted by atomic mass is 10.2. The van der Waals surface area contributed by atoms with Crippen LogP contribution in [0.5, 0.6) is 5.75 Å². The SMILES string of the molecule is CN(C)CCOc1ccc(CNC2=NCCN2C)cc1.I. The lowest BCUT2D eigenvalue weighted by Crippen LogP contribution is -2.35. The minimum atomic E-state index is 0. The van der Waals surface area contributed by atoms with Crippen LogP contribution in [0, 0.1) is 0 Å². The van der Waals surface area contributed by atoms with Gasteiger partial charge in [0.15, 0.2) is 5.96 Å². The Kier molecular flexibility index (Phi) is 7.81. The molecule has 1 aromatic rings. The summed E-state index contributed by atoms with van der Waals surface area (Å²) in [5, 5.41) is 3.35. The summed E-state index contributed by atoms with van der Waals surface area (Å²) in [6, 6.07) is 8.22. The van der Waals surface area contributed by atoms with Crippen molar-refractivity contribution in [3.63, 3.8) is 0 Å². The van der Waals surface area contributed by atoms with Gasteiger partial charge in [-0.3, -0.25) is 4.99 Å². The van der Waals surface area contributed by atoms with Crippen molar-refractivity contribution in [1.82, 2.24) is 15.1 Å². The Labute approximate surface area is 144 Å². The Balaban J connectivity index is 0.00000220. The monoisotopic (exact) mass is 404 g/mol. The Morgan fingerprint density at radius 1 is 1.29 bits per heavy atom. The molecule has 0 fully saturated rings. The quantitative estimate of drug-likeness (QED) is 0.732. The van der Waals surface area contributed by atoms with Crippen LogP contribution < -0.4 is 10.1 Å². The number of benzene rings is 1. The molecule has 21 heavy (non-hydrogen) atoms. The zero-order valence-electron chi connectivity index (χ0n) is 13.0. The van der Waals surface area contributed by atoms with Crippen LogP contribution in [0.4, 0.5) is 0 Å². The number of nitrogens with zero attached hydrogens (tertiary/aromatic N) is 3. The molecule has 0 radical (unpaired) electrons. The van der Waals surface area contributed by atoms with Crippen molar-refractivity contribution < 1.29 is 4.74 Å². The summed E-state index contributed by atoms with van der Waals surface area (Å²) in [6.07, 6.45) is 0. The third-order valence-corrected chi connectivity index (χ3v) is 3.24. The van der Waals surface area contributed by atoms with Crippen molar-refractivity contribution in [1.29, 1.82) is 0 Å². The minimum absolute atomic E-state index is 0. The average Bonchev–Trinajstić information content (AvgIpc) is 2.83. The first-order valence-corrected chi connectivity index (χ1v) is 7.01. The number of rotatable bonds is 6. The number of halogens is 1. The molecule has 0 aliphatic carbocycles. The van der Waals surface area contributed by atoms with Crippen LogP contribution in [0.25, 0.3) is 0 Å². The van der Waals surface area contributed by atoms with Crippen LogP contribution in [0.1, 0.15) is 5.56 Å². The van der Waals surface area contributed by atoms with Gasteiger partial charge in [-0.05, 0) is 31.8 Å². The molecule has 0 bridgehead atoms. The lowest BCUT2D eigenvalue weighted by Gasteiger charge is -2.15. The van der Waals surface area contributed by atoms with Gasteiger partial charge in [-0.15, -0.1) is 24.0 Å². The fourth-order valence-corrected chi connectivity index (χ4v) is 1.95. The maximum Gasteiger partial charge on any atom is 0.194 e. The van der Waals surface area contributed by atoms with Gasteiger partial charge in [0.05, 0.1) is 6.54 Å². The molecule has 1 aliphatic rings. The number of aliphatic imine (C=N–C) groups is 1. The fraction of sp³-hybridized carbons (Fsp3) is 0.533. The molecule has 0 atom stereocenters. The number of ether oxygens (including phenoxy) is 1. The van der Waals surface area contributed by atoms with Gasteiger partial charge in [0, 0.05) is 26.7 Å². The highest BCUT2D eigenvalue weighted by molar-refractivity contribution is 14.0. The van der Waals surface area contributed by atoms with E-state index in [0.29, 0.717) is 6.61 Å². The van der Waals surface area contributed by atoms with Crippen molar-refractivity contribution in [2.45, 2.75) is 6.54 Å². The van der Waals surface area contributed by atoms with Gasteiger partial charge < -0.3 is 19.9 Å². The first-order chi connectivity index (χ1) is 9.65. The summed E-state index contributed by atoms with van der Waals surface area (Å²) in [6.45, 7) is 4.32. The van der Waals surface area contributed by atoms with E-state index in [0.717, 1.165) is 37.9 Å². The van der Waals surface area contributed by atoms with E-state index in [4.69, 9.17) is 4.74 Å². The number of likely N-dealkylation sites (N-methyl/N-ethyl adjacent to an activating group) is 2. The molecule has 1 N–H and O–H groups in total. The molecule has 0 unspecified atom stereocenters. The summed E-state index contributed by atoms with van der Waals surface area (Å²) >= 11 is 0. The van der Waals surface area contributed by atoms with Gasteiger partial charge in [-0.2, -0.15) is 0 Å². The van der Waals surface area contributed by atoms with Crippen molar-refractivity contribution in [3.05, 3.63) is 29.8 Å². The standard InChI is InChI=1S/C15H24N4O.HI/c1-18(2)10-11-20-14-6-4-13(5-7-14)12-17-15-16-8-9-19(15)3;/h4-7H,8-12H2,1-3H3,(H,16,17);1H. The Morgan fingerprint density at radius 3 is 2.57 bits per heavy atom. The summed E-state index contributed by atoms with van der Waals surface area (Å²) in [5.41, 5.74) is 1.23. The van der Waals surface area contributed by atoms with Gasteiger partial charge in [0.2, 0.25) is 0 Å². The van der Waals surface area contributed by atoms with Crippen LogP contribution in [0.3, 0.4) is 0 Å². The zero-order chi connectivity index (χ0) is 14.4. The van der Waals surface area contributed by atoms with E-state index in [1.807, 2.05) is 26.2 Å². The normalized spacial score (nSPS) is 13.9. The maximum absolute atomic E-state index is 5.67. The van der Waals surface area contributed by atoms with Gasteiger partial charge in [0.25, 0.3) is 0 Å². The van der Waals surface area contributed by atoms with Gasteiger partial charge in [-0.25, -0.2) is 0 Å². The van der Waals surface area contributed by atoms with E-state index in [-0.39, 0.29) is 24.0 Å². The van der Waals surface area contributed by atoms with Crippen molar-refractivity contribution in [2.24, 2.45) is 4.99 Å².